The first-order chi connectivity index (χ1) is 26.9. The molecule has 1 aliphatic carbocycles. The molecule has 2 fully saturated rings. The molecule has 14 heteroatoms. The maximum absolute atomic E-state index is 14.5. The summed E-state index contributed by atoms with van der Waals surface area (Å²) < 4.78 is 34.1. The Morgan fingerprint density at radius 2 is 2.00 bits per heavy atom. The van der Waals surface area contributed by atoms with Gasteiger partial charge in [0.05, 0.1) is 36.7 Å². The van der Waals surface area contributed by atoms with Gasteiger partial charge in [-0.15, -0.1) is 11.8 Å². The zero-order valence-corrected chi connectivity index (χ0v) is 34.3. The van der Waals surface area contributed by atoms with Gasteiger partial charge in [-0.3, -0.25) is 29.4 Å². The van der Waals surface area contributed by atoms with Gasteiger partial charge in [-0.2, -0.15) is 0 Å². The van der Waals surface area contributed by atoms with Crippen molar-refractivity contribution < 1.29 is 33.0 Å². The zero-order valence-electron chi connectivity index (χ0n) is 33.5. The maximum Gasteiger partial charge on any atom is 0.324 e. The minimum absolute atomic E-state index is 0.146. The lowest BCUT2D eigenvalue weighted by Gasteiger charge is -2.37. The van der Waals surface area contributed by atoms with Gasteiger partial charge in [-0.05, 0) is 80.3 Å². The van der Waals surface area contributed by atoms with Crippen LogP contribution >= 0.6 is 11.8 Å². The molecule has 12 nitrogen and oxygen atoms in total. The van der Waals surface area contributed by atoms with Crippen LogP contribution in [0.2, 0.25) is 0 Å². The Bertz CT molecular complexity index is 1990. The highest BCUT2D eigenvalue weighted by Crippen LogP contribution is 2.46. The summed E-state index contributed by atoms with van der Waals surface area (Å²) in [5.41, 5.74) is 8.65. The summed E-state index contributed by atoms with van der Waals surface area (Å²) in [5, 5.41) is 5.98. The number of ether oxygens (including phenoxy) is 3. The van der Waals surface area contributed by atoms with Crippen LogP contribution in [0.15, 0.2) is 41.5 Å². The number of pyridine rings is 1. The number of thioether (sulfide) groups is 1. The van der Waals surface area contributed by atoms with Gasteiger partial charge in [0.1, 0.15) is 29.9 Å². The maximum atomic E-state index is 14.5. The number of hydrazine groups is 1. The lowest BCUT2D eigenvalue weighted by Crippen LogP contribution is -2.63. The molecule has 8 atom stereocenters. The number of aryl methyl sites for hydroxylation is 1. The van der Waals surface area contributed by atoms with Crippen molar-refractivity contribution >= 4 is 45.5 Å². The quantitative estimate of drug-likeness (QED) is 0.251. The number of nitrogens with zero attached hydrogens (tertiary/aromatic N) is 4. The average molecular weight is 791 g/mol. The number of methoxy groups -OCH3 is 1. The summed E-state index contributed by atoms with van der Waals surface area (Å²) in [5.74, 6) is -0.496. The predicted molar refractivity (Wildman–Crippen MR) is 215 cm³/mol. The highest BCUT2D eigenvalue weighted by molar-refractivity contribution is 8.14. The van der Waals surface area contributed by atoms with Crippen LogP contribution in [0.5, 0.6) is 0 Å². The van der Waals surface area contributed by atoms with E-state index in [2.05, 4.69) is 60.3 Å². The van der Waals surface area contributed by atoms with Crippen LogP contribution < -0.4 is 10.7 Å². The number of halogens is 1. The van der Waals surface area contributed by atoms with E-state index in [4.69, 9.17) is 24.2 Å². The lowest BCUT2D eigenvalue weighted by atomic mass is 9.84. The predicted octanol–water partition coefficient (Wildman–Crippen LogP) is 5.98. The van der Waals surface area contributed by atoms with Gasteiger partial charge in [0.25, 0.3) is 5.91 Å². The highest BCUT2D eigenvalue weighted by Gasteiger charge is 2.50. The van der Waals surface area contributed by atoms with Crippen molar-refractivity contribution in [3.8, 4) is 11.3 Å². The smallest absolute Gasteiger partial charge is 0.324 e. The normalized spacial score (nSPS) is 28.4. The first-order valence-electron chi connectivity index (χ1n) is 19.9. The number of carbonyl (C=O) groups excluding carboxylic acids is 3. The Hall–Kier alpha value is -3.85. The molecule has 7 rings (SSSR count). The number of cyclic esters (lactones) is 1. The summed E-state index contributed by atoms with van der Waals surface area (Å²) in [6, 6.07) is 8.24. The molecule has 2 unspecified atom stereocenters. The van der Waals surface area contributed by atoms with E-state index in [9.17, 15) is 18.8 Å². The number of aliphatic imine (C=N–C) groups is 1. The molecule has 2 amide bonds. The molecular formula is C42H55FN6O6S. The van der Waals surface area contributed by atoms with E-state index >= 15 is 0 Å². The van der Waals surface area contributed by atoms with Gasteiger partial charge in [0.2, 0.25) is 5.91 Å². The molecule has 1 saturated carbocycles. The van der Waals surface area contributed by atoms with Gasteiger partial charge in [0, 0.05) is 59.9 Å². The minimum Gasteiger partial charge on any atom is -0.464 e. The zero-order chi connectivity index (χ0) is 39.9. The summed E-state index contributed by atoms with van der Waals surface area (Å²) >= 11 is 1.46. The Morgan fingerprint density at radius 1 is 1.21 bits per heavy atom. The molecule has 2 N–H and O–H groups in total. The third-order valence-corrected chi connectivity index (χ3v) is 13.1. The SMILES string of the molecule is CCn1c(-c2cccnc2[C@H](C)OC)c2c3cc(ccc31)C1CSC(=N1)[C@@H](OCCF)[C@H](NC(=O)C1[C@@H](C)[C@H]1C)C(=O)N1CCC[C@H](N1)C(=O)OCC(C)(C)C2. The van der Waals surface area contributed by atoms with Crippen LogP contribution in [0.3, 0.4) is 0 Å². The van der Waals surface area contributed by atoms with Gasteiger partial charge in [-0.25, -0.2) is 9.82 Å². The fraction of sp³-hybridized carbons (Fsp3) is 0.595. The number of rotatable bonds is 9. The van der Waals surface area contributed by atoms with Crippen molar-refractivity contribution in [1.82, 2.24) is 25.3 Å². The fourth-order valence-corrected chi connectivity index (χ4v) is 9.72. The Kier molecular flexibility index (Phi) is 11.9. The van der Waals surface area contributed by atoms with Gasteiger partial charge in [-0.1, -0.05) is 33.8 Å². The summed E-state index contributed by atoms with van der Waals surface area (Å²) in [7, 11) is 1.68. The Labute approximate surface area is 332 Å². The number of hydrogen-bond donors (Lipinski definition) is 2. The van der Waals surface area contributed by atoms with E-state index in [-0.39, 0.29) is 49.0 Å². The van der Waals surface area contributed by atoms with E-state index in [1.165, 1.54) is 16.8 Å². The number of amides is 2. The molecular weight excluding hydrogens is 736 g/mol. The second kappa shape index (κ2) is 16.6. The van der Waals surface area contributed by atoms with Gasteiger partial charge >= 0.3 is 5.97 Å². The summed E-state index contributed by atoms with van der Waals surface area (Å²) in [6.07, 6.45) is 2.11. The molecule has 302 valence electrons. The number of alkyl halides is 1. The van der Waals surface area contributed by atoms with Crippen LogP contribution in [-0.2, 0) is 41.6 Å². The van der Waals surface area contributed by atoms with Gasteiger partial charge in [0.15, 0.2) is 0 Å². The number of aromatic nitrogens is 2. The van der Waals surface area contributed by atoms with E-state index in [1.807, 2.05) is 26.8 Å². The number of carbonyl (C=O) groups is 3. The molecule has 3 aromatic rings. The number of benzene rings is 1. The number of nitrogens with one attached hydrogen (secondary N) is 2. The second-order valence-electron chi connectivity index (χ2n) is 16.4. The summed E-state index contributed by atoms with van der Waals surface area (Å²) in [6.45, 7) is 12.5. The molecule has 0 spiro atoms. The van der Waals surface area contributed by atoms with E-state index in [0.29, 0.717) is 43.1 Å². The minimum atomic E-state index is -1.20. The molecule has 4 aliphatic rings. The third-order valence-electron chi connectivity index (χ3n) is 12.0. The first-order valence-corrected chi connectivity index (χ1v) is 20.9. The van der Waals surface area contributed by atoms with Crippen molar-refractivity contribution in [3.05, 3.63) is 53.3 Å². The van der Waals surface area contributed by atoms with Crippen LogP contribution in [0.1, 0.15) is 83.4 Å². The van der Waals surface area contributed by atoms with E-state index < -0.39 is 42.2 Å². The van der Waals surface area contributed by atoms with E-state index in [1.54, 1.807) is 13.3 Å². The Morgan fingerprint density at radius 3 is 2.71 bits per heavy atom. The largest absolute Gasteiger partial charge is 0.464 e. The topological polar surface area (TPSA) is 136 Å². The van der Waals surface area contributed by atoms with Crippen molar-refractivity contribution in [3.63, 3.8) is 0 Å². The molecule has 6 bridgehead atoms. The van der Waals surface area contributed by atoms with Crippen molar-refractivity contribution in [2.24, 2.45) is 28.2 Å². The number of fused-ring (bicyclic) bond motifs is 5. The van der Waals surface area contributed by atoms with Crippen molar-refractivity contribution in [2.45, 2.75) is 97.7 Å². The molecule has 3 aliphatic heterocycles. The first kappa shape index (κ1) is 40.4. The molecule has 2 aromatic heterocycles. The van der Waals surface area contributed by atoms with Crippen LogP contribution in [0.4, 0.5) is 4.39 Å². The van der Waals surface area contributed by atoms with Crippen LogP contribution in [-0.4, -0.2) is 94.9 Å². The number of hydrogen-bond acceptors (Lipinski definition) is 10. The number of esters is 1. The fourth-order valence-electron chi connectivity index (χ4n) is 8.55. The molecule has 1 aromatic carbocycles. The highest BCUT2D eigenvalue weighted by atomic mass is 32.2. The van der Waals surface area contributed by atoms with Crippen LogP contribution in [0, 0.1) is 23.2 Å². The molecule has 56 heavy (non-hydrogen) atoms. The van der Waals surface area contributed by atoms with Crippen molar-refractivity contribution in [1.29, 1.82) is 0 Å². The van der Waals surface area contributed by atoms with Gasteiger partial charge < -0.3 is 24.1 Å². The average Bonchev–Trinajstić information content (AvgIpc) is 3.49. The van der Waals surface area contributed by atoms with Crippen LogP contribution in [0.25, 0.3) is 22.2 Å². The lowest BCUT2D eigenvalue weighted by molar-refractivity contribution is -0.156. The summed E-state index contributed by atoms with van der Waals surface area (Å²) in [4.78, 5) is 51.9. The molecule has 1 saturated heterocycles. The third kappa shape index (κ3) is 7.86. The monoisotopic (exact) mass is 790 g/mol. The Balaban J connectivity index is 1.38. The second-order valence-corrected chi connectivity index (χ2v) is 17.5. The van der Waals surface area contributed by atoms with E-state index in [0.717, 1.165) is 39.0 Å². The van der Waals surface area contributed by atoms with Crippen molar-refractivity contribution in [2.75, 3.05) is 39.3 Å². The molecule has 5 heterocycles. The molecule has 0 radical (unpaired) electrons. The standard InChI is InChI=1S/C42H55FN6O6S/c1-8-48-32-14-13-26-19-28(32)29(36(48)27-11-9-16-44-34(27)25(4)53-7)20-42(5,6)22-55-41(52)30-12-10-17-49(47-30)40(51)35(46-38(50)33-23(2)24(33)3)37(54-18-15-43)39-45-31(26)21-56-39/h9,11,13-14,16,19,23-25,30-31,33,35,37,47H,8,10,12,15,17-18,20-22H2,1-7H3,(H,46,50)/t23-,24+,25-,30-,31?,33?,35-,37-/m0/s1.